The fourth-order valence-corrected chi connectivity index (χ4v) is 6.38. The number of fused-ring (bicyclic) bond motifs is 1. The summed E-state index contributed by atoms with van der Waals surface area (Å²) >= 11 is 1.98. The Morgan fingerprint density at radius 3 is 2.50 bits per heavy atom. The molecule has 0 saturated heterocycles. The Balaban J connectivity index is 1.51. The number of aromatic nitrogens is 1. The van der Waals surface area contributed by atoms with Crippen molar-refractivity contribution in [3.63, 3.8) is 0 Å². The zero-order valence-corrected chi connectivity index (χ0v) is 20.1. The van der Waals surface area contributed by atoms with Crippen molar-refractivity contribution in [2.45, 2.75) is 53.1 Å². The first-order chi connectivity index (χ1) is 15.5. The first-order valence-corrected chi connectivity index (χ1v) is 12.3. The van der Waals surface area contributed by atoms with E-state index in [9.17, 15) is 0 Å². The van der Waals surface area contributed by atoms with Crippen LogP contribution in [0, 0.1) is 20.8 Å². The highest BCUT2D eigenvalue weighted by Gasteiger charge is 2.33. The quantitative estimate of drug-likeness (QED) is 0.332. The van der Waals surface area contributed by atoms with Gasteiger partial charge in [-0.05, 0) is 62.4 Å². The second-order valence-corrected chi connectivity index (χ2v) is 10.0. The first-order valence-electron chi connectivity index (χ1n) is 11.5. The fourth-order valence-electron chi connectivity index (χ4n) is 4.91. The van der Waals surface area contributed by atoms with Gasteiger partial charge in [0.1, 0.15) is 5.76 Å². The van der Waals surface area contributed by atoms with Gasteiger partial charge in [-0.2, -0.15) is 0 Å². The van der Waals surface area contributed by atoms with Gasteiger partial charge in [0.15, 0.2) is 0 Å². The molecular weight excluding hydrogens is 412 g/mol. The van der Waals surface area contributed by atoms with Gasteiger partial charge >= 0.3 is 0 Å². The van der Waals surface area contributed by atoms with E-state index >= 15 is 0 Å². The van der Waals surface area contributed by atoms with E-state index in [-0.39, 0.29) is 6.04 Å². The monoisotopic (exact) mass is 442 g/mol. The average molecular weight is 443 g/mol. The second-order valence-electron chi connectivity index (χ2n) is 8.75. The summed E-state index contributed by atoms with van der Waals surface area (Å²) in [6.45, 7) is 10.5. The number of hydrogen-bond acceptors (Lipinski definition) is 4. The van der Waals surface area contributed by atoms with Crippen LogP contribution in [0.1, 0.15) is 56.4 Å². The SMILES string of the molecule is CCc1c(C)sc2c1CCN(Cc1nc(-c3ccc(C)cc3)oc1C)[C@H]2c1ccccc1. The summed E-state index contributed by atoms with van der Waals surface area (Å²) in [7, 11) is 0. The normalized spacial score (nSPS) is 16.3. The number of hydrogen-bond donors (Lipinski definition) is 0. The van der Waals surface area contributed by atoms with Crippen LogP contribution in [0.3, 0.4) is 0 Å². The molecular formula is C28H30N2OS. The Kier molecular flexibility index (Phi) is 5.75. The standard InChI is InChI=1S/C28H30N2OS/c1-5-23-20(4)32-27-24(23)15-16-30(26(27)21-9-7-6-8-10-21)17-25-19(3)31-28(29-25)22-13-11-18(2)12-14-22/h6-14,26H,5,15-17H2,1-4H3/t26-/m0/s1. The van der Waals surface area contributed by atoms with Crippen LogP contribution in [0.15, 0.2) is 59.0 Å². The Labute approximate surface area is 194 Å². The Bertz CT molecular complexity index is 1220. The van der Waals surface area contributed by atoms with E-state index in [1.54, 1.807) is 11.1 Å². The van der Waals surface area contributed by atoms with E-state index in [0.29, 0.717) is 5.89 Å². The lowest BCUT2D eigenvalue weighted by Crippen LogP contribution is -2.35. The molecule has 5 rings (SSSR count). The van der Waals surface area contributed by atoms with Gasteiger partial charge in [0, 0.05) is 28.4 Å². The summed E-state index contributed by atoms with van der Waals surface area (Å²) in [6.07, 6.45) is 2.22. The van der Waals surface area contributed by atoms with Gasteiger partial charge in [-0.15, -0.1) is 11.3 Å². The minimum atomic E-state index is 0.267. The van der Waals surface area contributed by atoms with Crippen LogP contribution < -0.4 is 0 Å². The minimum absolute atomic E-state index is 0.267. The van der Waals surface area contributed by atoms with Gasteiger partial charge in [-0.3, -0.25) is 4.90 Å². The largest absolute Gasteiger partial charge is 0.441 e. The van der Waals surface area contributed by atoms with E-state index < -0.39 is 0 Å². The number of thiophene rings is 1. The van der Waals surface area contributed by atoms with E-state index in [1.165, 1.54) is 20.9 Å². The smallest absolute Gasteiger partial charge is 0.226 e. The lowest BCUT2D eigenvalue weighted by atomic mass is 9.91. The maximum absolute atomic E-state index is 6.10. The van der Waals surface area contributed by atoms with Gasteiger partial charge in [0.25, 0.3) is 0 Å². The summed E-state index contributed by atoms with van der Waals surface area (Å²) in [5.41, 5.74) is 7.81. The fraction of sp³-hybridized carbons (Fsp3) is 0.321. The number of oxazole rings is 1. The molecule has 0 saturated carbocycles. The maximum Gasteiger partial charge on any atom is 0.226 e. The summed E-state index contributed by atoms with van der Waals surface area (Å²) in [6, 6.07) is 19.6. The van der Waals surface area contributed by atoms with Gasteiger partial charge in [0.05, 0.1) is 11.7 Å². The molecule has 1 aliphatic heterocycles. The predicted molar refractivity (Wildman–Crippen MR) is 132 cm³/mol. The molecule has 0 fully saturated rings. The molecule has 0 amide bonds. The molecule has 2 aromatic carbocycles. The molecule has 32 heavy (non-hydrogen) atoms. The number of nitrogens with zero attached hydrogens (tertiary/aromatic N) is 2. The summed E-state index contributed by atoms with van der Waals surface area (Å²) in [4.78, 5) is 10.5. The molecule has 3 heterocycles. The van der Waals surface area contributed by atoms with Crippen molar-refractivity contribution >= 4 is 11.3 Å². The van der Waals surface area contributed by atoms with Crippen LogP contribution in [0.5, 0.6) is 0 Å². The molecule has 4 aromatic rings. The van der Waals surface area contributed by atoms with Crippen molar-refractivity contribution in [3.8, 4) is 11.5 Å². The highest BCUT2D eigenvalue weighted by molar-refractivity contribution is 7.12. The average Bonchev–Trinajstić information content (AvgIpc) is 3.33. The molecule has 0 aliphatic carbocycles. The molecule has 0 bridgehead atoms. The number of rotatable bonds is 5. The van der Waals surface area contributed by atoms with Crippen LogP contribution in [0.4, 0.5) is 0 Å². The van der Waals surface area contributed by atoms with Gasteiger partial charge in [-0.1, -0.05) is 55.0 Å². The Morgan fingerprint density at radius 1 is 1.03 bits per heavy atom. The van der Waals surface area contributed by atoms with Crippen molar-refractivity contribution < 1.29 is 4.42 Å². The zero-order valence-electron chi connectivity index (χ0n) is 19.3. The first kappa shape index (κ1) is 21.2. The highest BCUT2D eigenvalue weighted by Crippen LogP contribution is 2.43. The van der Waals surface area contributed by atoms with Crippen LogP contribution in [-0.2, 0) is 19.4 Å². The lowest BCUT2D eigenvalue weighted by molar-refractivity contribution is 0.204. The van der Waals surface area contributed by atoms with Crippen molar-refractivity contribution in [1.82, 2.24) is 9.88 Å². The van der Waals surface area contributed by atoms with Gasteiger partial charge < -0.3 is 4.42 Å². The maximum atomic E-state index is 6.10. The second kappa shape index (κ2) is 8.68. The highest BCUT2D eigenvalue weighted by atomic mass is 32.1. The summed E-state index contributed by atoms with van der Waals surface area (Å²) in [5, 5.41) is 0. The molecule has 0 radical (unpaired) electrons. The van der Waals surface area contributed by atoms with Crippen molar-refractivity contribution in [1.29, 1.82) is 0 Å². The molecule has 0 spiro atoms. The third kappa shape index (κ3) is 3.82. The Morgan fingerprint density at radius 2 is 1.78 bits per heavy atom. The number of aryl methyl sites for hydroxylation is 3. The third-order valence-electron chi connectivity index (χ3n) is 6.63. The van der Waals surface area contributed by atoms with E-state index in [1.807, 2.05) is 18.3 Å². The summed E-state index contributed by atoms with van der Waals surface area (Å²) < 4.78 is 6.10. The predicted octanol–water partition coefficient (Wildman–Crippen LogP) is 7.04. The van der Waals surface area contributed by atoms with Crippen LogP contribution in [-0.4, -0.2) is 16.4 Å². The minimum Gasteiger partial charge on any atom is -0.441 e. The van der Waals surface area contributed by atoms with Crippen molar-refractivity contribution in [3.05, 3.63) is 98.1 Å². The van der Waals surface area contributed by atoms with Crippen LogP contribution >= 0.6 is 11.3 Å². The van der Waals surface area contributed by atoms with Crippen LogP contribution in [0.25, 0.3) is 11.5 Å². The van der Waals surface area contributed by atoms with Gasteiger partial charge in [0.2, 0.25) is 5.89 Å². The van der Waals surface area contributed by atoms with E-state index in [0.717, 1.165) is 42.9 Å². The topological polar surface area (TPSA) is 29.3 Å². The molecule has 164 valence electrons. The molecule has 1 aliphatic rings. The zero-order chi connectivity index (χ0) is 22.2. The van der Waals surface area contributed by atoms with Crippen LogP contribution in [0.2, 0.25) is 0 Å². The van der Waals surface area contributed by atoms with Crippen molar-refractivity contribution in [2.75, 3.05) is 6.54 Å². The lowest BCUT2D eigenvalue weighted by Gasteiger charge is -2.36. The number of benzene rings is 2. The van der Waals surface area contributed by atoms with E-state index in [2.05, 4.69) is 80.3 Å². The Hall–Kier alpha value is -2.69. The molecule has 3 nitrogen and oxygen atoms in total. The molecule has 0 unspecified atom stereocenters. The van der Waals surface area contributed by atoms with E-state index in [4.69, 9.17) is 9.40 Å². The van der Waals surface area contributed by atoms with Gasteiger partial charge in [-0.25, -0.2) is 4.98 Å². The summed E-state index contributed by atoms with van der Waals surface area (Å²) in [5.74, 6) is 1.63. The van der Waals surface area contributed by atoms with Crippen molar-refractivity contribution in [2.24, 2.45) is 0 Å². The molecule has 0 N–H and O–H groups in total. The third-order valence-corrected chi connectivity index (χ3v) is 7.87. The molecule has 1 atom stereocenters. The molecule has 2 aromatic heterocycles. The molecule has 4 heteroatoms.